The first kappa shape index (κ1) is 16.0. The highest BCUT2D eigenvalue weighted by Gasteiger charge is 2.26. The zero-order valence-corrected chi connectivity index (χ0v) is 12.0. The maximum atomic E-state index is 12.4. The van der Waals surface area contributed by atoms with E-state index in [1.165, 1.54) is 12.1 Å². The maximum absolute atomic E-state index is 12.4. The average molecular weight is 291 g/mol. The number of benzene rings is 1. The molecule has 1 rings (SSSR count). The van der Waals surface area contributed by atoms with Crippen molar-refractivity contribution in [2.45, 2.75) is 43.4 Å². The summed E-state index contributed by atoms with van der Waals surface area (Å²) >= 11 is 0. The fourth-order valence-corrected chi connectivity index (χ4v) is 2.57. The van der Waals surface area contributed by atoms with Crippen molar-refractivity contribution in [2.24, 2.45) is 0 Å². The summed E-state index contributed by atoms with van der Waals surface area (Å²) in [6.45, 7) is 6.87. The van der Waals surface area contributed by atoms with Crippen molar-refractivity contribution in [3.63, 3.8) is 0 Å². The number of nitrogens with one attached hydrogen (secondary N) is 1. The summed E-state index contributed by atoms with van der Waals surface area (Å²) < 4.78 is 47.4. The number of rotatable bonds is 6. The lowest BCUT2D eigenvalue weighted by molar-refractivity contribution is 0.234. The third-order valence-electron chi connectivity index (χ3n) is 3.25. The Kier molecular flexibility index (Phi) is 5.43. The third kappa shape index (κ3) is 3.73. The van der Waals surface area contributed by atoms with Crippen LogP contribution in [0.4, 0.5) is 8.78 Å². The predicted octanol–water partition coefficient (Wildman–Crippen LogP) is 2.78. The lowest BCUT2D eigenvalue weighted by Gasteiger charge is -2.21. The standard InChI is InChI=1S/C13H19F2NO2S/c1-4-16-10(3)9(2)11-5-7-12(8-6-11)19(17,18)13(14)15/h5-10,13,16H,4H2,1-3H3. The van der Waals surface area contributed by atoms with Crippen LogP contribution >= 0.6 is 0 Å². The van der Waals surface area contributed by atoms with E-state index < -0.39 is 15.6 Å². The molecule has 108 valence electrons. The molecule has 0 saturated heterocycles. The molecule has 0 heterocycles. The highest BCUT2D eigenvalue weighted by Crippen LogP contribution is 2.23. The maximum Gasteiger partial charge on any atom is 0.341 e. The molecule has 6 heteroatoms. The van der Waals surface area contributed by atoms with Crippen molar-refractivity contribution in [3.05, 3.63) is 29.8 Å². The molecule has 0 amide bonds. The van der Waals surface area contributed by atoms with Gasteiger partial charge in [0.25, 0.3) is 0 Å². The third-order valence-corrected chi connectivity index (χ3v) is 4.64. The minimum atomic E-state index is -4.50. The summed E-state index contributed by atoms with van der Waals surface area (Å²) in [6.07, 6.45) is 0. The summed E-state index contributed by atoms with van der Waals surface area (Å²) in [4.78, 5) is -0.338. The van der Waals surface area contributed by atoms with Crippen LogP contribution in [0.1, 0.15) is 32.3 Å². The van der Waals surface area contributed by atoms with Crippen LogP contribution in [-0.4, -0.2) is 26.8 Å². The van der Waals surface area contributed by atoms with Gasteiger partial charge in [-0.25, -0.2) is 8.42 Å². The van der Waals surface area contributed by atoms with Gasteiger partial charge in [-0.05, 0) is 37.1 Å². The van der Waals surface area contributed by atoms with Crippen molar-refractivity contribution >= 4 is 9.84 Å². The molecule has 0 spiro atoms. The molecule has 1 aromatic rings. The van der Waals surface area contributed by atoms with Gasteiger partial charge in [0, 0.05) is 6.04 Å². The smallest absolute Gasteiger partial charge is 0.314 e. The van der Waals surface area contributed by atoms with Gasteiger partial charge in [-0.15, -0.1) is 0 Å². The number of hydrogen-bond donors (Lipinski definition) is 1. The topological polar surface area (TPSA) is 46.2 Å². The fourth-order valence-electron chi connectivity index (χ4n) is 1.85. The Hall–Kier alpha value is -1.01. The molecule has 0 saturated carbocycles. The molecule has 19 heavy (non-hydrogen) atoms. The second-order valence-corrected chi connectivity index (χ2v) is 6.43. The normalized spacial score (nSPS) is 15.5. The zero-order chi connectivity index (χ0) is 14.6. The summed E-state index contributed by atoms with van der Waals surface area (Å²) in [6, 6.07) is 5.89. The Morgan fingerprint density at radius 2 is 1.68 bits per heavy atom. The van der Waals surface area contributed by atoms with Gasteiger partial charge in [-0.2, -0.15) is 8.78 Å². The molecule has 0 aliphatic carbocycles. The summed E-state index contributed by atoms with van der Waals surface area (Å²) in [5.74, 6) is -3.21. The van der Waals surface area contributed by atoms with Gasteiger partial charge in [-0.1, -0.05) is 26.0 Å². The molecule has 1 N–H and O–H groups in total. The molecular formula is C13H19F2NO2S. The van der Waals surface area contributed by atoms with Gasteiger partial charge in [0.15, 0.2) is 0 Å². The minimum Gasteiger partial charge on any atom is -0.314 e. The number of likely N-dealkylation sites (N-methyl/N-ethyl adjacent to an activating group) is 1. The Labute approximate surface area is 112 Å². The molecule has 2 unspecified atom stereocenters. The van der Waals surface area contributed by atoms with Crippen molar-refractivity contribution in [1.29, 1.82) is 0 Å². The minimum absolute atomic E-state index is 0.170. The van der Waals surface area contributed by atoms with Crippen molar-refractivity contribution in [2.75, 3.05) is 6.54 Å². The summed E-state index contributed by atoms with van der Waals surface area (Å²) in [5, 5.41) is 3.27. The number of sulfone groups is 1. The summed E-state index contributed by atoms with van der Waals surface area (Å²) in [7, 11) is -4.50. The second kappa shape index (κ2) is 6.43. The van der Waals surface area contributed by atoms with E-state index in [0.29, 0.717) is 0 Å². The Morgan fingerprint density at radius 1 is 1.16 bits per heavy atom. The lowest BCUT2D eigenvalue weighted by Crippen LogP contribution is -2.30. The van der Waals surface area contributed by atoms with E-state index >= 15 is 0 Å². The average Bonchev–Trinajstić information content (AvgIpc) is 2.38. The largest absolute Gasteiger partial charge is 0.341 e. The van der Waals surface area contributed by atoms with Gasteiger partial charge in [-0.3, -0.25) is 0 Å². The molecular weight excluding hydrogens is 272 g/mol. The van der Waals surface area contributed by atoms with Crippen LogP contribution in [-0.2, 0) is 9.84 Å². The summed E-state index contributed by atoms with van der Waals surface area (Å²) in [5.41, 5.74) is 0.918. The Balaban J connectivity index is 2.94. The highest BCUT2D eigenvalue weighted by atomic mass is 32.2. The highest BCUT2D eigenvalue weighted by molar-refractivity contribution is 7.91. The number of alkyl halides is 2. The van der Waals surface area contributed by atoms with Crippen LogP contribution in [0.3, 0.4) is 0 Å². The van der Waals surface area contributed by atoms with E-state index in [1.807, 2.05) is 20.8 Å². The molecule has 0 aliphatic rings. The lowest BCUT2D eigenvalue weighted by atomic mass is 9.94. The van der Waals surface area contributed by atoms with Gasteiger partial charge < -0.3 is 5.32 Å². The molecule has 1 aromatic carbocycles. The van der Waals surface area contributed by atoms with Crippen LogP contribution in [0.2, 0.25) is 0 Å². The molecule has 0 fully saturated rings. The first-order valence-electron chi connectivity index (χ1n) is 6.16. The molecule has 0 aliphatic heterocycles. The van der Waals surface area contributed by atoms with Gasteiger partial charge in [0.05, 0.1) is 4.90 Å². The van der Waals surface area contributed by atoms with E-state index in [-0.39, 0.29) is 16.9 Å². The molecule has 0 radical (unpaired) electrons. The van der Waals surface area contributed by atoms with E-state index in [4.69, 9.17) is 0 Å². The Bertz CT molecular complexity index is 500. The number of hydrogen-bond acceptors (Lipinski definition) is 3. The van der Waals surface area contributed by atoms with E-state index in [9.17, 15) is 17.2 Å². The van der Waals surface area contributed by atoms with Gasteiger partial charge in [0.2, 0.25) is 9.84 Å². The first-order chi connectivity index (χ1) is 8.80. The van der Waals surface area contributed by atoms with Crippen molar-refractivity contribution < 1.29 is 17.2 Å². The van der Waals surface area contributed by atoms with Crippen LogP contribution in [0.15, 0.2) is 29.2 Å². The first-order valence-corrected chi connectivity index (χ1v) is 7.70. The van der Waals surface area contributed by atoms with Crippen molar-refractivity contribution in [3.8, 4) is 0 Å². The molecule has 0 bridgehead atoms. The fraction of sp³-hybridized carbons (Fsp3) is 0.538. The molecule has 0 aromatic heterocycles. The van der Waals surface area contributed by atoms with Gasteiger partial charge >= 0.3 is 5.76 Å². The number of halogens is 2. The zero-order valence-electron chi connectivity index (χ0n) is 11.2. The monoisotopic (exact) mass is 291 g/mol. The van der Waals surface area contributed by atoms with Crippen molar-refractivity contribution in [1.82, 2.24) is 5.32 Å². The Morgan fingerprint density at radius 3 is 2.11 bits per heavy atom. The molecule has 2 atom stereocenters. The van der Waals surface area contributed by atoms with Crippen LogP contribution < -0.4 is 5.32 Å². The van der Waals surface area contributed by atoms with E-state index in [2.05, 4.69) is 5.32 Å². The van der Waals surface area contributed by atoms with Crippen LogP contribution in [0, 0.1) is 0 Å². The van der Waals surface area contributed by atoms with E-state index in [0.717, 1.165) is 12.1 Å². The van der Waals surface area contributed by atoms with E-state index in [1.54, 1.807) is 12.1 Å². The van der Waals surface area contributed by atoms with Gasteiger partial charge in [0.1, 0.15) is 0 Å². The quantitative estimate of drug-likeness (QED) is 0.876. The SMILES string of the molecule is CCNC(C)C(C)c1ccc(S(=O)(=O)C(F)F)cc1. The molecule has 3 nitrogen and oxygen atoms in total. The predicted molar refractivity (Wildman–Crippen MR) is 71.2 cm³/mol. The van der Waals surface area contributed by atoms with Crippen LogP contribution in [0.25, 0.3) is 0 Å². The van der Waals surface area contributed by atoms with Crippen LogP contribution in [0.5, 0.6) is 0 Å². The second-order valence-electron chi connectivity index (χ2n) is 4.51.